The molecule has 4 heterocycles. The lowest BCUT2D eigenvalue weighted by Gasteiger charge is -2.38. The molecule has 0 radical (unpaired) electrons. The number of fused-ring (bicyclic) bond motifs is 1. The summed E-state index contributed by atoms with van der Waals surface area (Å²) in [7, 11) is 0. The maximum atomic E-state index is 15.5. The van der Waals surface area contributed by atoms with Gasteiger partial charge in [-0.25, -0.2) is 23.1 Å². The van der Waals surface area contributed by atoms with Crippen molar-refractivity contribution in [2.24, 2.45) is 11.8 Å². The van der Waals surface area contributed by atoms with Crippen LogP contribution in [0.4, 0.5) is 24.9 Å². The monoisotopic (exact) mass is 564 g/mol. The number of benzene rings is 1. The van der Waals surface area contributed by atoms with E-state index in [1.54, 1.807) is 24.5 Å². The van der Waals surface area contributed by atoms with Crippen molar-refractivity contribution in [1.82, 2.24) is 34.5 Å². The van der Waals surface area contributed by atoms with Gasteiger partial charge in [-0.15, -0.1) is 0 Å². The molecule has 2 N–H and O–H groups in total. The summed E-state index contributed by atoms with van der Waals surface area (Å²) < 4.78 is 43.5. The van der Waals surface area contributed by atoms with E-state index in [4.69, 9.17) is 0 Å². The van der Waals surface area contributed by atoms with Gasteiger partial charge in [-0.3, -0.25) is 14.4 Å². The third kappa shape index (κ3) is 5.16. The van der Waals surface area contributed by atoms with Crippen molar-refractivity contribution in [2.45, 2.75) is 44.7 Å². The van der Waals surface area contributed by atoms with Crippen molar-refractivity contribution in [1.29, 1.82) is 0 Å². The van der Waals surface area contributed by atoms with Gasteiger partial charge >= 0.3 is 0 Å². The summed E-state index contributed by atoms with van der Waals surface area (Å²) in [5.41, 5.74) is 2.58. The molecule has 12 heteroatoms. The Kier molecular flexibility index (Phi) is 6.25. The Balaban J connectivity index is 1.03. The van der Waals surface area contributed by atoms with Crippen molar-refractivity contribution in [3.05, 3.63) is 54.2 Å². The number of rotatable bonds is 8. The number of pyridine rings is 1. The number of anilines is 2. The highest BCUT2D eigenvalue weighted by Gasteiger charge is 2.56. The lowest BCUT2D eigenvalue weighted by Crippen LogP contribution is -2.49. The minimum atomic E-state index is -2.63. The van der Waals surface area contributed by atoms with Crippen LogP contribution in [0.15, 0.2) is 42.9 Å². The molecule has 2 aliphatic carbocycles. The summed E-state index contributed by atoms with van der Waals surface area (Å²) in [6.45, 7) is 5.40. The van der Waals surface area contributed by atoms with Gasteiger partial charge in [-0.05, 0) is 49.6 Å². The van der Waals surface area contributed by atoms with Crippen molar-refractivity contribution < 1.29 is 18.0 Å². The summed E-state index contributed by atoms with van der Waals surface area (Å²) in [6.07, 6.45) is 6.73. The second-order valence-electron chi connectivity index (χ2n) is 11.4. The lowest BCUT2D eigenvalue weighted by atomic mass is 10.1. The number of alkyl halides is 2. The molecule has 3 fully saturated rings. The normalized spacial score (nSPS) is 21.3. The highest BCUT2D eigenvalue weighted by Crippen LogP contribution is 2.49. The maximum absolute atomic E-state index is 15.5. The SMILES string of the molecule is CC(c1ccnc(Nc2nc3ccc(-c4cnn(CC5CC5(F)F)c4)c(F)c3[nH]2)c1)N1CCN(C(=O)C2CC2)CC1. The molecule has 1 aliphatic heterocycles. The number of amides is 1. The quantitative estimate of drug-likeness (QED) is 0.314. The van der Waals surface area contributed by atoms with E-state index in [0.717, 1.165) is 44.6 Å². The number of hydrogen-bond acceptors (Lipinski definition) is 6. The summed E-state index contributed by atoms with van der Waals surface area (Å²) in [5, 5.41) is 7.30. The number of halogens is 3. The van der Waals surface area contributed by atoms with E-state index in [-0.39, 0.29) is 30.4 Å². The Morgan fingerprint density at radius 2 is 1.98 bits per heavy atom. The van der Waals surface area contributed by atoms with Gasteiger partial charge in [0.25, 0.3) is 5.92 Å². The fourth-order valence-corrected chi connectivity index (χ4v) is 5.65. The molecule has 2 saturated carbocycles. The van der Waals surface area contributed by atoms with Gasteiger partial charge in [-0.2, -0.15) is 5.10 Å². The summed E-state index contributed by atoms with van der Waals surface area (Å²) in [5.74, 6) is -2.35. The Hall–Kier alpha value is -3.93. The number of piperazine rings is 1. The van der Waals surface area contributed by atoms with Crippen LogP contribution in [0.5, 0.6) is 0 Å². The molecule has 2 unspecified atom stereocenters. The summed E-state index contributed by atoms with van der Waals surface area (Å²) in [6, 6.07) is 7.40. The van der Waals surface area contributed by atoms with E-state index in [1.807, 2.05) is 17.0 Å². The number of carbonyl (C=O) groups excluding carboxylic acids is 1. The van der Waals surface area contributed by atoms with Gasteiger partial charge in [0.2, 0.25) is 11.9 Å². The van der Waals surface area contributed by atoms with Crippen LogP contribution in [0.1, 0.15) is 37.8 Å². The van der Waals surface area contributed by atoms with Crippen LogP contribution >= 0.6 is 0 Å². The molecule has 2 atom stereocenters. The number of hydrogen-bond donors (Lipinski definition) is 2. The number of carbonyl (C=O) groups is 1. The Morgan fingerprint density at radius 1 is 1.20 bits per heavy atom. The topological polar surface area (TPSA) is 95.0 Å². The van der Waals surface area contributed by atoms with Crippen molar-refractivity contribution >= 4 is 28.7 Å². The van der Waals surface area contributed by atoms with Crippen LogP contribution in [0.2, 0.25) is 0 Å². The van der Waals surface area contributed by atoms with E-state index in [1.165, 1.54) is 10.9 Å². The Morgan fingerprint density at radius 3 is 2.71 bits per heavy atom. The first-order valence-electron chi connectivity index (χ1n) is 14.1. The van der Waals surface area contributed by atoms with Crippen LogP contribution in [-0.2, 0) is 11.3 Å². The van der Waals surface area contributed by atoms with Gasteiger partial charge < -0.3 is 15.2 Å². The molecule has 7 rings (SSSR count). The van der Waals surface area contributed by atoms with Gasteiger partial charge in [0.05, 0.1) is 11.7 Å². The number of aromatic amines is 1. The molecule has 9 nitrogen and oxygen atoms in total. The highest BCUT2D eigenvalue weighted by atomic mass is 19.3. The molecule has 3 aliphatic rings. The van der Waals surface area contributed by atoms with Gasteiger partial charge in [0.1, 0.15) is 11.3 Å². The molecular formula is C29H31F3N8O. The van der Waals surface area contributed by atoms with Gasteiger partial charge in [-0.1, -0.05) is 0 Å². The molecule has 4 aromatic rings. The zero-order valence-electron chi connectivity index (χ0n) is 22.7. The lowest BCUT2D eigenvalue weighted by molar-refractivity contribution is -0.134. The van der Waals surface area contributed by atoms with Crippen LogP contribution < -0.4 is 5.32 Å². The van der Waals surface area contributed by atoms with Crippen LogP contribution in [-0.4, -0.2) is 72.5 Å². The standard InChI is InChI=1S/C29H31F3N8O/c1-17(38-8-10-39(11-9-38)27(41)18-2-3-18)19-6-7-33-24(12-19)36-28-35-23-5-4-22(25(30)26(23)37-28)20-14-34-40(15-20)16-21-13-29(21,31)32/h4-7,12,14-15,17-18,21H,2-3,8-11,13,16H2,1H3,(H2,33,35,36,37). The van der Waals surface area contributed by atoms with E-state index in [9.17, 15) is 13.6 Å². The van der Waals surface area contributed by atoms with Crippen molar-refractivity contribution in [2.75, 3.05) is 31.5 Å². The van der Waals surface area contributed by atoms with Crippen molar-refractivity contribution in [3.63, 3.8) is 0 Å². The first-order chi connectivity index (χ1) is 19.7. The Bertz CT molecular complexity index is 1600. The predicted octanol–water partition coefficient (Wildman–Crippen LogP) is 4.97. The molecule has 1 saturated heterocycles. The highest BCUT2D eigenvalue weighted by molar-refractivity contribution is 5.84. The van der Waals surface area contributed by atoms with E-state index < -0.39 is 17.7 Å². The third-order valence-corrected chi connectivity index (χ3v) is 8.52. The average Bonchev–Trinajstić information content (AvgIpc) is 3.80. The third-order valence-electron chi connectivity index (χ3n) is 8.52. The first-order valence-corrected chi connectivity index (χ1v) is 14.1. The predicted molar refractivity (Wildman–Crippen MR) is 147 cm³/mol. The smallest absolute Gasteiger partial charge is 0.253 e. The van der Waals surface area contributed by atoms with Crippen LogP contribution in [0, 0.1) is 17.7 Å². The molecule has 0 bridgehead atoms. The van der Waals surface area contributed by atoms with E-state index in [2.05, 4.69) is 37.2 Å². The summed E-state index contributed by atoms with van der Waals surface area (Å²) >= 11 is 0. The fraction of sp³-hybridized carbons (Fsp3) is 0.448. The second-order valence-corrected chi connectivity index (χ2v) is 11.4. The number of nitrogens with zero attached hydrogens (tertiary/aromatic N) is 6. The van der Waals surface area contributed by atoms with Crippen LogP contribution in [0.25, 0.3) is 22.2 Å². The molecule has 41 heavy (non-hydrogen) atoms. The van der Waals surface area contributed by atoms with Gasteiger partial charge in [0.15, 0.2) is 5.82 Å². The fourth-order valence-electron chi connectivity index (χ4n) is 5.65. The molecule has 214 valence electrons. The molecule has 3 aromatic heterocycles. The Labute approximate surface area is 234 Å². The number of aromatic nitrogens is 5. The van der Waals surface area contributed by atoms with Crippen LogP contribution in [0.3, 0.4) is 0 Å². The molecular weight excluding hydrogens is 533 g/mol. The molecule has 1 amide bonds. The van der Waals surface area contributed by atoms with Gasteiger partial charge in [0, 0.05) is 80.5 Å². The minimum Gasteiger partial charge on any atom is -0.340 e. The zero-order valence-corrected chi connectivity index (χ0v) is 22.7. The van der Waals surface area contributed by atoms with E-state index in [0.29, 0.717) is 34.3 Å². The number of imidazole rings is 1. The number of H-pyrrole nitrogens is 1. The first kappa shape index (κ1) is 26.0. The maximum Gasteiger partial charge on any atom is 0.253 e. The largest absolute Gasteiger partial charge is 0.340 e. The minimum absolute atomic E-state index is 0.107. The second kappa shape index (κ2) is 9.86. The molecule has 0 spiro atoms. The number of nitrogens with one attached hydrogen (secondary N) is 2. The van der Waals surface area contributed by atoms with E-state index >= 15 is 4.39 Å². The zero-order chi connectivity index (χ0) is 28.3. The molecule has 1 aromatic carbocycles. The van der Waals surface area contributed by atoms with Crippen molar-refractivity contribution in [3.8, 4) is 11.1 Å². The average molecular weight is 565 g/mol. The summed E-state index contributed by atoms with van der Waals surface area (Å²) in [4.78, 5) is 28.7.